The lowest BCUT2D eigenvalue weighted by atomic mass is 10.2. The molecule has 0 atom stereocenters. The van der Waals surface area contributed by atoms with E-state index in [4.69, 9.17) is 4.74 Å². The number of anilines is 1. The van der Waals surface area contributed by atoms with E-state index in [0.717, 1.165) is 16.1 Å². The highest BCUT2D eigenvalue weighted by Crippen LogP contribution is 2.32. The molecule has 0 aliphatic carbocycles. The third-order valence-corrected chi connectivity index (χ3v) is 3.67. The first-order valence-electron chi connectivity index (χ1n) is 6.02. The molecule has 0 spiro atoms. The Labute approximate surface area is 129 Å². The van der Waals surface area contributed by atoms with Gasteiger partial charge in [-0.3, -0.25) is 10.1 Å². The van der Waals surface area contributed by atoms with Gasteiger partial charge in [0.1, 0.15) is 0 Å². The SMILES string of the molecule is COc1cc(NCc2ccccc2Br)c(F)cc1[N+](=O)[O-]. The van der Waals surface area contributed by atoms with Gasteiger partial charge in [-0.2, -0.15) is 0 Å². The quantitative estimate of drug-likeness (QED) is 0.647. The van der Waals surface area contributed by atoms with E-state index >= 15 is 0 Å². The van der Waals surface area contributed by atoms with Crippen molar-refractivity contribution in [3.05, 3.63) is 62.4 Å². The molecule has 21 heavy (non-hydrogen) atoms. The first-order chi connectivity index (χ1) is 10.0. The van der Waals surface area contributed by atoms with Crippen LogP contribution >= 0.6 is 15.9 Å². The number of nitrogens with zero attached hydrogens (tertiary/aromatic N) is 1. The lowest BCUT2D eigenvalue weighted by Gasteiger charge is -2.11. The van der Waals surface area contributed by atoms with Crippen molar-refractivity contribution >= 4 is 27.3 Å². The van der Waals surface area contributed by atoms with Crippen LogP contribution in [0.1, 0.15) is 5.56 Å². The van der Waals surface area contributed by atoms with Gasteiger partial charge >= 0.3 is 5.69 Å². The molecule has 0 heterocycles. The summed E-state index contributed by atoms with van der Waals surface area (Å²) in [6, 6.07) is 9.64. The minimum Gasteiger partial charge on any atom is -0.490 e. The van der Waals surface area contributed by atoms with E-state index in [1.54, 1.807) is 0 Å². The van der Waals surface area contributed by atoms with Crippen molar-refractivity contribution in [2.75, 3.05) is 12.4 Å². The van der Waals surface area contributed by atoms with Crippen molar-refractivity contribution in [1.82, 2.24) is 0 Å². The van der Waals surface area contributed by atoms with Gasteiger partial charge in [-0.15, -0.1) is 0 Å². The van der Waals surface area contributed by atoms with E-state index in [0.29, 0.717) is 6.54 Å². The van der Waals surface area contributed by atoms with Crippen LogP contribution in [0.25, 0.3) is 0 Å². The van der Waals surface area contributed by atoms with Gasteiger partial charge in [-0.25, -0.2) is 4.39 Å². The fourth-order valence-corrected chi connectivity index (χ4v) is 2.24. The van der Waals surface area contributed by atoms with E-state index in [2.05, 4.69) is 21.2 Å². The van der Waals surface area contributed by atoms with Gasteiger partial charge < -0.3 is 10.1 Å². The molecule has 0 unspecified atom stereocenters. The van der Waals surface area contributed by atoms with Crippen molar-refractivity contribution in [3.8, 4) is 5.75 Å². The molecule has 2 aromatic carbocycles. The van der Waals surface area contributed by atoms with Crippen molar-refractivity contribution in [2.24, 2.45) is 0 Å². The van der Waals surface area contributed by atoms with Gasteiger partial charge in [0.05, 0.1) is 23.8 Å². The van der Waals surface area contributed by atoms with Crippen LogP contribution in [-0.4, -0.2) is 12.0 Å². The van der Waals surface area contributed by atoms with Gasteiger partial charge in [0.15, 0.2) is 11.6 Å². The molecule has 0 saturated heterocycles. The van der Waals surface area contributed by atoms with E-state index in [1.807, 2.05) is 24.3 Å². The molecule has 0 aromatic heterocycles. The summed E-state index contributed by atoms with van der Waals surface area (Å²) in [4.78, 5) is 10.1. The number of rotatable bonds is 5. The van der Waals surface area contributed by atoms with E-state index in [1.165, 1.54) is 13.2 Å². The molecule has 7 heteroatoms. The van der Waals surface area contributed by atoms with Crippen molar-refractivity contribution < 1.29 is 14.1 Å². The zero-order valence-electron chi connectivity index (χ0n) is 11.1. The molecule has 0 bridgehead atoms. The van der Waals surface area contributed by atoms with Crippen LogP contribution in [0.2, 0.25) is 0 Å². The number of hydrogen-bond donors (Lipinski definition) is 1. The summed E-state index contributed by atoms with van der Waals surface area (Å²) in [6.45, 7) is 0.374. The summed E-state index contributed by atoms with van der Waals surface area (Å²) in [5.74, 6) is -0.689. The predicted molar refractivity (Wildman–Crippen MR) is 81.1 cm³/mol. The second-order valence-electron chi connectivity index (χ2n) is 4.21. The Balaban J connectivity index is 2.25. The summed E-state index contributed by atoms with van der Waals surface area (Å²) >= 11 is 3.40. The Kier molecular flexibility index (Phi) is 4.74. The number of nitrogens with one attached hydrogen (secondary N) is 1. The Bertz CT molecular complexity index is 679. The van der Waals surface area contributed by atoms with Crippen LogP contribution in [0, 0.1) is 15.9 Å². The van der Waals surface area contributed by atoms with Crippen molar-refractivity contribution in [3.63, 3.8) is 0 Å². The fraction of sp³-hybridized carbons (Fsp3) is 0.143. The summed E-state index contributed by atoms with van der Waals surface area (Å²) < 4.78 is 19.7. The number of benzene rings is 2. The van der Waals surface area contributed by atoms with Crippen LogP contribution < -0.4 is 10.1 Å². The van der Waals surface area contributed by atoms with Gasteiger partial charge in [-0.1, -0.05) is 34.1 Å². The molecule has 0 fully saturated rings. The van der Waals surface area contributed by atoms with Gasteiger partial charge in [0.25, 0.3) is 0 Å². The molecule has 1 N–H and O–H groups in total. The normalized spacial score (nSPS) is 10.2. The molecule has 0 aliphatic heterocycles. The van der Waals surface area contributed by atoms with Gasteiger partial charge in [0.2, 0.25) is 0 Å². The minimum absolute atomic E-state index is 0.0102. The number of nitro benzene ring substituents is 1. The van der Waals surface area contributed by atoms with Crippen LogP contribution in [0.3, 0.4) is 0 Å². The second kappa shape index (κ2) is 6.53. The first kappa shape index (κ1) is 15.2. The van der Waals surface area contributed by atoms with E-state index < -0.39 is 16.4 Å². The highest BCUT2D eigenvalue weighted by molar-refractivity contribution is 9.10. The third-order valence-electron chi connectivity index (χ3n) is 2.89. The maximum atomic E-state index is 13.9. The molecule has 110 valence electrons. The molecule has 0 saturated carbocycles. The standard InChI is InChI=1S/C14H12BrFN2O3/c1-21-14-7-12(11(16)6-13(14)18(19)20)17-8-9-4-2-3-5-10(9)15/h2-7,17H,8H2,1H3. The molecule has 0 aliphatic rings. The van der Waals surface area contributed by atoms with E-state index in [9.17, 15) is 14.5 Å². The van der Waals surface area contributed by atoms with Gasteiger partial charge in [-0.05, 0) is 11.6 Å². The Morgan fingerprint density at radius 2 is 2.10 bits per heavy atom. The monoisotopic (exact) mass is 354 g/mol. The second-order valence-corrected chi connectivity index (χ2v) is 5.06. The maximum absolute atomic E-state index is 13.9. The Morgan fingerprint density at radius 1 is 1.38 bits per heavy atom. The highest BCUT2D eigenvalue weighted by atomic mass is 79.9. The third kappa shape index (κ3) is 3.49. The molecular weight excluding hydrogens is 343 g/mol. The summed E-state index contributed by atoms with van der Waals surface area (Å²) in [5, 5.41) is 13.7. The molecule has 0 amide bonds. The number of halogens is 2. The summed E-state index contributed by atoms with van der Waals surface area (Å²) in [6.07, 6.45) is 0. The number of methoxy groups -OCH3 is 1. The van der Waals surface area contributed by atoms with Crippen molar-refractivity contribution in [1.29, 1.82) is 0 Å². The van der Waals surface area contributed by atoms with E-state index in [-0.39, 0.29) is 11.4 Å². The average molecular weight is 355 g/mol. The fourth-order valence-electron chi connectivity index (χ4n) is 1.82. The first-order valence-corrected chi connectivity index (χ1v) is 6.81. The Morgan fingerprint density at radius 3 is 2.71 bits per heavy atom. The van der Waals surface area contributed by atoms with Crippen LogP contribution in [-0.2, 0) is 6.54 Å². The molecule has 2 aromatic rings. The lowest BCUT2D eigenvalue weighted by molar-refractivity contribution is -0.385. The maximum Gasteiger partial charge on any atom is 0.313 e. The minimum atomic E-state index is -0.699. The smallest absolute Gasteiger partial charge is 0.313 e. The molecule has 2 rings (SSSR count). The zero-order chi connectivity index (χ0) is 15.4. The highest BCUT2D eigenvalue weighted by Gasteiger charge is 2.19. The van der Waals surface area contributed by atoms with Crippen molar-refractivity contribution in [2.45, 2.75) is 6.54 Å². The molecular formula is C14H12BrFN2O3. The lowest BCUT2D eigenvalue weighted by Crippen LogP contribution is -2.04. The molecule has 0 radical (unpaired) electrons. The van der Waals surface area contributed by atoms with Crippen LogP contribution in [0.15, 0.2) is 40.9 Å². The van der Waals surface area contributed by atoms with Crippen LogP contribution in [0.5, 0.6) is 5.75 Å². The summed E-state index contributed by atoms with van der Waals surface area (Å²) in [5.41, 5.74) is 0.684. The number of nitro groups is 1. The molecule has 5 nitrogen and oxygen atoms in total. The topological polar surface area (TPSA) is 64.4 Å². The Hall–Kier alpha value is -2.15. The largest absolute Gasteiger partial charge is 0.490 e. The van der Waals surface area contributed by atoms with Gasteiger partial charge in [0, 0.05) is 17.1 Å². The predicted octanol–water partition coefficient (Wildman–Crippen LogP) is 4.12. The number of ether oxygens (including phenoxy) is 1. The average Bonchev–Trinajstić information content (AvgIpc) is 2.47. The number of hydrogen-bond acceptors (Lipinski definition) is 4. The summed E-state index contributed by atoms with van der Waals surface area (Å²) in [7, 11) is 1.30. The zero-order valence-corrected chi connectivity index (χ0v) is 12.7. The van der Waals surface area contributed by atoms with Crippen LogP contribution in [0.4, 0.5) is 15.8 Å².